The highest BCUT2D eigenvalue weighted by atomic mass is 35.5. The number of anilines is 1. The first-order valence-corrected chi connectivity index (χ1v) is 8.82. The molecule has 1 fully saturated rings. The second-order valence-electron chi connectivity index (χ2n) is 6.16. The normalized spacial score (nSPS) is 14.7. The van der Waals surface area contributed by atoms with E-state index in [-0.39, 0.29) is 0 Å². The lowest BCUT2D eigenvalue weighted by Crippen LogP contribution is -2.29. The molecule has 0 amide bonds. The van der Waals surface area contributed by atoms with Crippen LogP contribution in [0.1, 0.15) is 52.0 Å². The van der Waals surface area contributed by atoms with Crippen LogP contribution >= 0.6 is 11.6 Å². The van der Waals surface area contributed by atoms with Crippen molar-refractivity contribution >= 4 is 17.3 Å². The predicted octanol–water partition coefficient (Wildman–Crippen LogP) is 4.85. The lowest BCUT2D eigenvalue weighted by Gasteiger charge is -2.28. The molecule has 0 aromatic heterocycles. The van der Waals surface area contributed by atoms with E-state index in [1.807, 2.05) is 0 Å². The van der Waals surface area contributed by atoms with Crippen molar-refractivity contribution in [2.45, 2.75) is 59.0 Å². The molecule has 2 nitrogen and oxygen atoms in total. The van der Waals surface area contributed by atoms with Gasteiger partial charge in [0, 0.05) is 25.7 Å². The average molecular weight is 309 g/mol. The summed E-state index contributed by atoms with van der Waals surface area (Å²) in [6.45, 7) is 9.80. The van der Waals surface area contributed by atoms with Crippen molar-refractivity contribution in [3.8, 4) is 0 Å². The highest BCUT2D eigenvalue weighted by Crippen LogP contribution is 2.29. The molecule has 1 aromatic rings. The third-order valence-electron chi connectivity index (χ3n) is 4.54. The Morgan fingerprint density at radius 3 is 2.48 bits per heavy atom. The van der Waals surface area contributed by atoms with E-state index in [0.29, 0.717) is 0 Å². The van der Waals surface area contributed by atoms with Gasteiger partial charge in [-0.05, 0) is 43.4 Å². The van der Waals surface area contributed by atoms with Gasteiger partial charge in [-0.3, -0.25) is 0 Å². The molecule has 0 heterocycles. The molecule has 0 unspecified atom stereocenters. The zero-order valence-corrected chi connectivity index (χ0v) is 14.4. The number of nitrogens with one attached hydrogen (secondary N) is 1. The van der Waals surface area contributed by atoms with E-state index < -0.39 is 0 Å². The molecule has 0 radical (unpaired) electrons. The largest absolute Gasteiger partial charge is 0.370 e. The van der Waals surface area contributed by atoms with E-state index >= 15 is 0 Å². The van der Waals surface area contributed by atoms with Gasteiger partial charge < -0.3 is 10.2 Å². The first-order valence-electron chi connectivity index (χ1n) is 8.44. The molecule has 0 bridgehead atoms. The van der Waals surface area contributed by atoms with E-state index in [9.17, 15) is 0 Å². The summed E-state index contributed by atoms with van der Waals surface area (Å²) in [7, 11) is 0. The third kappa shape index (κ3) is 4.89. The Morgan fingerprint density at radius 1 is 1.24 bits per heavy atom. The Morgan fingerprint density at radius 2 is 1.95 bits per heavy atom. The number of hydrogen-bond acceptors (Lipinski definition) is 2. The van der Waals surface area contributed by atoms with Gasteiger partial charge in [-0.2, -0.15) is 0 Å². The topological polar surface area (TPSA) is 15.3 Å². The number of rotatable bonds is 9. The maximum atomic E-state index is 6.53. The molecule has 0 aliphatic heterocycles. The molecular weight excluding hydrogens is 280 g/mol. The molecule has 0 atom stereocenters. The fraction of sp³-hybridized carbons (Fsp3) is 0.667. The van der Waals surface area contributed by atoms with Crippen LogP contribution in [0, 0.1) is 5.92 Å². The summed E-state index contributed by atoms with van der Waals surface area (Å²) in [6.07, 6.45) is 5.11. The Labute approximate surface area is 134 Å². The van der Waals surface area contributed by atoms with Crippen molar-refractivity contribution in [1.29, 1.82) is 0 Å². The summed E-state index contributed by atoms with van der Waals surface area (Å²) >= 11 is 6.53. The smallest absolute Gasteiger partial charge is 0.0642 e. The van der Waals surface area contributed by atoms with Crippen LogP contribution in [0.4, 0.5) is 5.69 Å². The van der Waals surface area contributed by atoms with E-state index in [4.69, 9.17) is 11.6 Å². The van der Waals surface area contributed by atoms with Gasteiger partial charge in [0.25, 0.3) is 0 Å². The maximum Gasteiger partial charge on any atom is 0.0642 e. The molecule has 1 aromatic carbocycles. The summed E-state index contributed by atoms with van der Waals surface area (Å²) < 4.78 is 0. The van der Waals surface area contributed by atoms with Crippen LogP contribution < -0.4 is 10.2 Å². The van der Waals surface area contributed by atoms with Gasteiger partial charge in [0.05, 0.1) is 10.7 Å². The summed E-state index contributed by atoms with van der Waals surface area (Å²) in [5.74, 6) is 0.747. The molecule has 118 valence electrons. The molecule has 3 heteroatoms. The molecule has 1 saturated carbocycles. The molecule has 2 rings (SSSR count). The van der Waals surface area contributed by atoms with Gasteiger partial charge in [-0.1, -0.05) is 44.4 Å². The van der Waals surface area contributed by atoms with Gasteiger partial charge in [-0.15, -0.1) is 0 Å². The fourth-order valence-electron chi connectivity index (χ4n) is 2.72. The quantitative estimate of drug-likeness (QED) is 0.701. The average Bonchev–Trinajstić information content (AvgIpc) is 3.32. The van der Waals surface area contributed by atoms with Crippen LogP contribution in [-0.2, 0) is 6.54 Å². The molecule has 0 saturated heterocycles. The van der Waals surface area contributed by atoms with Crippen molar-refractivity contribution in [2.75, 3.05) is 18.0 Å². The molecule has 21 heavy (non-hydrogen) atoms. The molecule has 1 N–H and O–H groups in total. The highest BCUT2D eigenvalue weighted by molar-refractivity contribution is 6.33. The van der Waals surface area contributed by atoms with Crippen LogP contribution in [-0.4, -0.2) is 19.1 Å². The summed E-state index contributed by atoms with van der Waals surface area (Å²) in [4.78, 5) is 2.41. The van der Waals surface area contributed by atoms with Crippen LogP contribution in [0.25, 0.3) is 0 Å². The minimum atomic E-state index is 0.741. The lowest BCUT2D eigenvalue weighted by atomic mass is 10.0. The van der Waals surface area contributed by atoms with Crippen molar-refractivity contribution in [3.63, 3.8) is 0 Å². The minimum absolute atomic E-state index is 0.741. The van der Waals surface area contributed by atoms with E-state index in [1.165, 1.54) is 36.9 Å². The van der Waals surface area contributed by atoms with E-state index in [0.717, 1.165) is 36.6 Å². The second kappa shape index (κ2) is 8.05. The van der Waals surface area contributed by atoms with E-state index in [1.54, 1.807) is 0 Å². The van der Waals surface area contributed by atoms with Crippen molar-refractivity contribution in [3.05, 3.63) is 28.8 Å². The van der Waals surface area contributed by atoms with Gasteiger partial charge in [-0.25, -0.2) is 0 Å². The van der Waals surface area contributed by atoms with Crippen LogP contribution in [0.2, 0.25) is 5.02 Å². The number of benzene rings is 1. The SMILES string of the molecule is CCC(CC)CN(CC)c1ccc(CNC2CC2)cc1Cl. The summed E-state index contributed by atoms with van der Waals surface area (Å²) in [6, 6.07) is 7.27. The van der Waals surface area contributed by atoms with Gasteiger partial charge >= 0.3 is 0 Å². The standard InChI is InChI=1S/C18H29ClN2/c1-4-14(5-2)13-21(6-3)18-10-7-15(11-17(18)19)12-20-16-8-9-16/h7,10-11,14,16,20H,4-6,8-9,12-13H2,1-3H3. The lowest BCUT2D eigenvalue weighted by molar-refractivity contribution is 0.486. The Kier molecular flexibility index (Phi) is 6.38. The highest BCUT2D eigenvalue weighted by Gasteiger charge is 2.20. The molecular formula is C18H29ClN2. The summed E-state index contributed by atoms with van der Waals surface area (Å²) in [5.41, 5.74) is 2.47. The van der Waals surface area contributed by atoms with Crippen LogP contribution in [0.15, 0.2) is 18.2 Å². The van der Waals surface area contributed by atoms with E-state index in [2.05, 4.69) is 49.2 Å². The van der Waals surface area contributed by atoms with Gasteiger partial charge in [0.1, 0.15) is 0 Å². The monoisotopic (exact) mass is 308 g/mol. The van der Waals surface area contributed by atoms with Crippen molar-refractivity contribution in [2.24, 2.45) is 5.92 Å². The second-order valence-corrected chi connectivity index (χ2v) is 6.57. The first-order chi connectivity index (χ1) is 10.2. The Hall–Kier alpha value is -0.730. The zero-order chi connectivity index (χ0) is 15.2. The maximum absolute atomic E-state index is 6.53. The first kappa shape index (κ1) is 16.6. The molecule has 0 spiro atoms. The zero-order valence-electron chi connectivity index (χ0n) is 13.7. The molecule has 1 aliphatic rings. The Balaban J connectivity index is 2.02. The predicted molar refractivity (Wildman–Crippen MR) is 93.3 cm³/mol. The van der Waals surface area contributed by atoms with Crippen molar-refractivity contribution in [1.82, 2.24) is 5.32 Å². The Bertz CT molecular complexity index is 439. The molecule has 1 aliphatic carbocycles. The fourth-order valence-corrected chi connectivity index (χ4v) is 3.05. The minimum Gasteiger partial charge on any atom is -0.370 e. The number of halogens is 1. The number of nitrogens with zero attached hydrogens (tertiary/aromatic N) is 1. The van der Waals surface area contributed by atoms with Gasteiger partial charge in [0.2, 0.25) is 0 Å². The van der Waals surface area contributed by atoms with Gasteiger partial charge in [0.15, 0.2) is 0 Å². The third-order valence-corrected chi connectivity index (χ3v) is 4.84. The van der Waals surface area contributed by atoms with Crippen molar-refractivity contribution < 1.29 is 0 Å². The summed E-state index contributed by atoms with van der Waals surface area (Å²) in [5, 5.41) is 4.43. The van der Waals surface area contributed by atoms with Crippen LogP contribution in [0.3, 0.4) is 0 Å². The number of hydrogen-bond donors (Lipinski definition) is 1. The van der Waals surface area contributed by atoms with Crippen LogP contribution in [0.5, 0.6) is 0 Å².